The lowest BCUT2D eigenvalue weighted by molar-refractivity contribution is -0.145. The first-order chi connectivity index (χ1) is 15.9. The molecule has 0 aromatic heterocycles. The Morgan fingerprint density at radius 2 is 1.82 bits per heavy atom. The summed E-state index contributed by atoms with van der Waals surface area (Å²) < 4.78 is 10.5. The van der Waals surface area contributed by atoms with E-state index in [-0.39, 0.29) is 25.0 Å². The standard InChI is InChI=1S/C27H28N2O4/c1-4-32-26(30)17-33-25-13-12-19(16-28)15-24(25)29-27(31)23(14-18(2)3)22-11-7-9-20-8-5-6-10-21(20)22/h5-13,15,18,23H,4,14,17H2,1-3H3,(H,29,31). The summed E-state index contributed by atoms with van der Waals surface area (Å²) in [6.07, 6.45) is 0.650. The second-order valence-corrected chi connectivity index (χ2v) is 8.16. The lowest BCUT2D eigenvalue weighted by Gasteiger charge is -2.22. The van der Waals surface area contributed by atoms with Crippen molar-refractivity contribution < 1.29 is 19.1 Å². The number of benzene rings is 3. The van der Waals surface area contributed by atoms with Crippen molar-refractivity contribution in [3.63, 3.8) is 0 Å². The maximum atomic E-state index is 13.5. The number of nitrogens with zero attached hydrogens (tertiary/aromatic N) is 1. The van der Waals surface area contributed by atoms with E-state index in [1.54, 1.807) is 25.1 Å². The zero-order valence-corrected chi connectivity index (χ0v) is 19.1. The van der Waals surface area contributed by atoms with E-state index in [9.17, 15) is 14.9 Å². The molecule has 0 bridgehead atoms. The molecule has 1 atom stereocenters. The van der Waals surface area contributed by atoms with E-state index in [0.29, 0.717) is 23.4 Å². The second kappa shape index (κ2) is 11.1. The third kappa shape index (κ3) is 6.11. The Morgan fingerprint density at radius 1 is 1.06 bits per heavy atom. The molecule has 3 aromatic rings. The number of anilines is 1. The first-order valence-electron chi connectivity index (χ1n) is 11.0. The van der Waals surface area contributed by atoms with E-state index in [4.69, 9.17) is 9.47 Å². The average molecular weight is 445 g/mol. The molecule has 3 aromatic carbocycles. The molecule has 0 aliphatic carbocycles. The van der Waals surface area contributed by atoms with Crippen LogP contribution in [0.3, 0.4) is 0 Å². The van der Waals surface area contributed by atoms with Crippen LogP contribution >= 0.6 is 0 Å². The van der Waals surface area contributed by atoms with Gasteiger partial charge in [0.05, 0.1) is 29.8 Å². The first-order valence-corrected chi connectivity index (χ1v) is 11.0. The van der Waals surface area contributed by atoms with Gasteiger partial charge in [-0.15, -0.1) is 0 Å². The maximum absolute atomic E-state index is 13.5. The van der Waals surface area contributed by atoms with Crippen LogP contribution in [0, 0.1) is 17.2 Å². The molecule has 0 fully saturated rings. The van der Waals surface area contributed by atoms with Gasteiger partial charge in [-0.05, 0) is 53.8 Å². The number of carbonyl (C=O) groups excluding carboxylic acids is 2. The fourth-order valence-electron chi connectivity index (χ4n) is 3.78. The molecule has 0 radical (unpaired) electrons. The monoisotopic (exact) mass is 444 g/mol. The van der Waals surface area contributed by atoms with Crippen LogP contribution in [0.25, 0.3) is 10.8 Å². The zero-order valence-electron chi connectivity index (χ0n) is 19.1. The third-order valence-electron chi connectivity index (χ3n) is 5.24. The second-order valence-electron chi connectivity index (χ2n) is 8.16. The van der Waals surface area contributed by atoms with Crippen molar-refractivity contribution in [3.05, 3.63) is 71.8 Å². The van der Waals surface area contributed by atoms with Gasteiger partial charge in [0.15, 0.2) is 6.61 Å². The Bertz CT molecular complexity index is 1170. The van der Waals surface area contributed by atoms with Crippen molar-refractivity contribution in [2.24, 2.45) is 5.92 Å². The molecule has 1 N–H and O–H groups in total. The molecule has 0 heterocycles. The minimum Gasteiger partial charge on any atom is -0.480 e. The predicted molar refractivity (Wildman–Crippen MR) is 128 cm³/mol. The number of ether oxygens (including phenoxy) is 2. The third-order valence-corrected chi connectivity index (χ3v) is 5.24. The van der Waals surface area contributed by atoms with E-state index in [1.165, 1.54) is 0 Å². The summed E-state index contributed by atoms with van der Waals surface area (Å²) >= 11 is 0. The van der Waals surface area contributed by atoms with E-state index in [1.807, 2.05) is 42.5 Å². The molecule has 0 aliphatic heterocycles. The fourth-order valence-corrected chi connectivity index (χ4v) is 3.78. The van der Waals surface area contributed by atoms with E-state index < -0.39 is 11.9 Å². The number of nitrogens with one attached hydrogen (secondary N) is 1. The smallest absolute Gasteiger partial charge is 0.344 e. The molecule has 6 nitrogen and oxygen atoms in total. The number of amides is 1. The van der Waals surface area contributed by atoms with Crippen LogP contribution < -0.4 is 10.1 Å². The first kappa shape index (κ1) is 23.8. The molecule has 0 saturated heterocycles. The van der Waals surface area contributed by atoms with Crippen LogP contribution in [0.2, 0.25) is 0 Å². The summed E-state index contributed by atoms with van der Waals surface area (Å²) in [6, 6.07) is 20.7. The summed E-state index contributed by atoms with van der Waals surface area (Å²) in [5.41, 5.74) is 1.67. The molecular weight excluding hydrogens is 416 g/mol. The van der Waals surface area contributed by atoms with Gasteiger partial charge in [0.25, 0.3) is 0 Å². The number of fused-ring (bicyclic) bond motifs is 1. The summed E-state index contributed by atoms with van der Waals surface area (Å²) in [6.45, 7) is 5.83. The summed E-state index contributed by atoms with van der Waals surface area (Å²) in [7, 11) is 0. The number of nitriles is 1. The topological polar surface area (TPSA) is 88.4 Å². The highest BCUT2D eigenvalue weighted by Crippen LogP contribution is 2.33. The van der Waals surface area contributed by atoms with Crippen LogP contribution in [0.15, 0.2) is 60.7 Å². The average Bonchev–Trinajstić information content (AvgIpc) is 2.81. The van der Waals surface area contributed by atoms with Crippen LogP contribution in [0.4, 0.5) is 5.69 Å². The molecule has 33 heavy (non-hydrogen) atoms. The minimum absolute atomic E-state index is 0.198. The predicted octanol–water partition coefficient (Wildman–Crippen LogP) is 5.42. The molecule has 0 aliphatic rings. The lowest BCUT2D eigenvalue weighted by atomic mass is 9.86. The molecule has 170 valence electrons. The molecule has 0 spiro atoms. The maximum Gasteiger partial charge on any atom is 0.344 e. The number of hydrogen-bond acceptors (Lipinski definition) is 5. The van der Waals surface area contributed by atoms with Crippen LogP contribution in [-0.4, -0.2) is 25.1 Å². The van der Waals surface area contributed by atoms with E-state index in [2.05, 4.69) is 25.2 Å². The molecule has 1 amide bonds. The number of rotatable bonds is 9. The molecule has 0 saturated carbocycles. The Kier molecular flexibility index (Phi) is 8.04. The van der Waals surface area contributed by atoms with Gasteiger partial charge in [0.2, 0.25) is 5.91 Å². The SMILES string of the molecule is CCOC(=O)COc1ccc(C#N)cc1NC(=O)C(CC(C)C)c1cccc2ccccc12. The van der Waals surface area contributed by atoms with Crippen molar-refractivity contribution in [2.45, 2.75) is 33.1 Å². The summed E-state index contributed by atoms with van der Waals surface area (Å²) in [5, 5.41) is 14.4. The largest absolute Gasteiger partial charge is 0.480 e. The van der Waals surface area contributed by atoms with Gasteiger partial charge in [-0.3, -0.25) is 4.79 Å². The van der Waals surface area contributed by atoms with Crippen molar-refractivity contribution in [1.29, 1.82) is 5.26 Å². The van der Waals surface area contributed by atoms with Gasteiger partial charge in [-0.2, -0.15) is 5.26 Å². The van der Waals surface area contributed by atoms with Gasteiger partial charge >= 0.3 is 5.97 Å². The number of carbonyl (C=O) groups is 2. The molecule has 3 rings (SSSR count). The van der Waals surface area contributed by atoms with Gasteiger partial charge in [-0.25, -0.2) is 4.79 Å². The Morgan fingerprint density at radius 3 is 2.55 bits per heavy atom. The Hall–Kier alpha value is -3.85. The van der Waals surface area contributed by atoms with Crippen LogP contribution in [-0.2, 0) is 14.3 Å². The molecule has 1 unspecified atom stereocenters. The van der Waals surface area contributed by atoms with Crippen molar-refractivity contribution in [2.75, 3.05) is 18.5 Å². The van der Waals surface area contributed by atoms with Gasteiger partial charge in [-0.1, -0.05) is 56.3 Å². The highest BCUT2D eigenvalue weighted by Gasteiger charge is 2.25. The highest BCUT2D eigenvalue weighted by atomic mass is 16.6. The summed E-state index contributed by atoms with van der Waals surface area (Å²) in [5.74, 6) is -0.523. The van der Waals surface area contributed by atoms with E-state index >= 15 is 0 Å². The van der Waals surface area contributed by atoms with Crippen molar-refractivity contribution in [1.82, 2.24) is 0 Å². The summed E-state index contributed by atoms with van der Waals surface area (Å²) in [4.78, 5) is 25.3. The van der Waals surface area contributed by atoms with E-state index in [0.717, 1.165) is 16.3 Å². The minimum atomic E-state index is -0.507. The van der Waals surface area contributed by atoms with Gasteiger partial charge in [0.1, 0.15) is 5.75 Å². The quantitative estimate of drug-likeness (QED) is 0.445. The Balaban J connectivity index is 1.93. The van der Waals surface area contributed by atoms with Crippen molar-refractivity contribution >= 4 is 28.3 Å². The van der Waals surface area contributed by atoms with Crippen molar-refractivity contribution in [3.8, 4) is 11.8 Å². The normalized spacial score (nSPS) is 11.6. The molecular formula is C27H28N2O4. The van der Waals surface area contributed by atoms with Gasteiger partial charge in [0, 0.05) is 0 Å². The number of hydrogen-bond donors (Lipinski definition) is 1. The highest BCUT2D eigenvalue weighted by molar-refractivity contribution is 6.00. The Labute approximate surface area is 194 Å². The molecule has 6 heteroatoms. The zero-order chi connectivity index (χ0) is 23.8. The van der Waals surface area contributed by atoms with Gasteiger partial charge < -0.3 is 14.8 Å². The van der Waals surface area contributed by atoms with Crippen LogP contribution in [0.5, 0.6) is 5.75 Å². The lowest BCUT2D eigenvalue weighted by Crippen LogP contribution is -2.23. The van der Waals surface area contributed by atoms with Crippen LogP contribution in [0.1, 0.15) is 44.2 Å². The number of esters is 1. The fraction of sp³-hybridized carbons (Fsp3) is 0.296.